The highest BCUT2D eigenvalue weighted by Crippen LogP contribution is 2.14. The Morgan fingerprint density at radius 3 is 2.32 bits per heavy atom. The van der Waals surface area contributed by atoms with Gasteiger partial charge in [-0.2, -0.15) is 10.5 Å². The van der Waals surface area contributed by atoms with Crippen LogP contribution in [-0.4, -0.2) is 23.9 Å². The maximum Gasteiger partial charge on any atom is 0.264 e. The van der Waals surface area contributed by atoms with Crippen LogP contribution in [0.15, 0.2) is 29.8 Å². The summed E-state index contributed by atoms with van der Waals surface area (Å²) >= 11 is 0. The highest BCUT2D eigenvalue weighted by molar-refractivity contribution is 6.01. The number of nitrogens with zero attached hydrogens (tertiary/aromatic N) is 3. The van der Waals surface area contributed by atoms with Crippen molar-refractivity contribution in [2.45, 2.75) is 12.8 Å². The van der Waals surface area contributed by atoms with E-state index < -0.39 is 0 Å². The first-order chi connectivity index (χ1) is 9.24. The lowest BCUT2D eigenvalue weighted by Gasteiger charge is -2.13. The van der Waals surface area contributed by atoms with Gasteiger partial charge in [-0.05, 0) is 36.6 Å². The van der Waals surface area contributed by atoms with Crippen LogP contribution in [-0.2, 0) is 4.79 Å². The molecule has 1 fully saturated rings. The van der Waals surface area contributed by atoms with E-state index in [0.717, 1.165) is 31.5 Å². The normalized spacial score (nSPS) is 14.8. The summed E-state index contributed by atoms with van der Waals surface area (Å²) in [6, 6.07) is 10.8. The molecule has 1 aliphatic heterocycles. The molecule has 0 aliphatic carbocycles. The second-order valence-electron chi connectivity index (χ2n) is 4.40. The van der Waals surface area contributed by atoms with Gasteiger partial charge < -0.3 is 4.90 Å². The van der Waals surface area contributed by atoms with Crippen molar-refractivity contribution in [3.63, 3.8) is 0 Å². The number of likely N-dealkylation sites (tertiary alicyclic amines) is 1. The minimum absolute atomic E-state index is 0.145. The molecule has 1 aromatic rings. The maximum atomic E-state index is 12.1. The van der Waals surface area contributed by atoms with Crippen LogP contribution in [0.5, 0.6) is 0 Å². The van der Waals surface area contributed by atoms with Crippen molar-refractivity contribution < 1.29 is 4.79 Å². The molecule has 2 rings (SSSR count). The predicted octanol–water partition coefficient (Wildman–Crippen LogP) is 2.09. The van der Waals surface area contributed by atoms with Gasteiger partial charge in [-0.25, -0.2) is 0 Å². The number of carbonyl (C=O) groups excluding carboxylic acids is 1. The van der Waals surface area contributed by atoms with Crippen LogP contribution in [0.2, 0.25) is 0 Å². The molecule has 19 heavy (non-hydrogen) atoms. The Labute approximate surface area is 112 Å². The van der Waals surface area contributed by atoms with E-state index >= 15 is 0 Å². The van der Waals surface area contributed by atoms with Gasteiger partial charge in [-0.3, -0.25) is 4.79 Å². The molecule has 0 N–H and O–H groups in total. The Bertz CT molecular complexity index is 581. The number of benzene rings is 1. The molecule has 0 unspecified atom stereocenters. The Balaban J connectivity index is 2.20. The van der Waals surface area contributed by atoms with Crippen molar-refractivity contribution in [2.75, 3.05) is 13.1 Å². The zero-order chi connectivity index (χ0) is 13.7. The Morgan fingerprint density at radius 1 is 1.16 bits per heavy atom. The van der Waals surface area contributed by atoms with Crippen LogP contribution >= 0.6 is 0 Å². The molecule has 0 radical (unpaired) electrons. The van der Waals surface area contributed by atoms with Crippen LogP contribution in [0.3, 0.4) is 0 Å². The molecule has 0 bridgehead atoms. The molecule has 0 spiro atoms. The van der Waals surface area contributed by atoms with Crippen LogP contribution in [0.1, 0.15) is 24.0 Å². The molecule has 0 aromatic heterocycles. The quantitative estimate of drug-likeness (QED) is 0.597. The third kappa shape index (κ3) is 3.00. The van der Waals surface area contributed by atoms with Gasteiger partial charge in [-0.15, -0.1) is 0 Å². The van der Waals surface area contributed by atoms with Crippen molar-refractivity contribution in [3.05, 3.63) is 41.0 Å². The molecule has 0 atom stereocenters. The lowest BCUT2D eigenvalue weighted by atomic mass is 10.1. The predicted molar refractivity (Wildman–Crippen MR) is 70.6 cm³/mol. The largest absolute Gasteiger partial charge is 0.338 e. The summed E-state index contributed by atoms with van der Waals surface area (Å²) in [7, 11) is 0. The van der Waals surface area contributed by atoms with Crippen molar-refractivity contribution in [1.29, 1.82) is 10.5 Å². The van der Waals surface area contributed by atoms with Crippen molar-refractivity contribution in [1.82, 2.24) is 4.90 Å². The molecular weight excluding hydrogens is 238 g/mol. The van der Waals surface area contributed by atoms with Gasteiger partial charge in [0.25, 0.3) is 5.91 Å². The number of hydrogen-bond acceptors (Lipinski definition) is 3. The summed E-state index contributed by atoms with van der Waals surface area (Å²) in [5.74, 6) is -0.204. The number of nitriles is 2. The summed E-state index contributed by atoms with van der Waals surface area (Å²) in [6.45, 7) is 1.45. The molecular formula is C15H13N3O. The van der Waals surface area contributed by atoms with Crippen molar-refractivity contribution >= 4 is 12.0 Å². The minimum atomic E-state index is -0.204. The standard InChI is InChI=1S/C15H13N3O/c16-10-13-5-3-12(4-6-13)9-14(11-17)15(19)18-7-1-2-8-18/h3-6,9H,1-2,7-8H2/b14-9-. The number of hydrogen-bond donors (Lipinski definition) is 0. The highest BCUT2D eigenvalue weighted by Gasteiger charge is 2.21. The molecule has 1 amide bonds. The zero-order valence-electron chi connectivity index (χ0n) is 10.5. The molecule has 4 heteroatoms. The van der Waals surface area contributed by atoms with E-state index in [4.69, 9.17) is 10.5 Å². The fourth-order valence-electron chi connectivity index (χ4n) is 2.05. The van der Waals surface area contributed by atoms with E-state index in [1.54, 1.807) is 35.2 Å². The van der Waals surface area contributed by atoms with E-state index in [2.05, 4.69) is 0 Å². The van der Waals surface area contributed by atoms with E-state index in [1.165, 1.54) is 0 Å². The summed E-state index contributed by atoms with van der Waals surface area (Å²) in [4.78, 5) is 13.8. The van der Waals surface area contributed by atoms with Gasteiger partial charge in [0, 0.05) is 13.1 Å². The second-order valence-corrected chi connectivity index (χ2v) is 4.40. The van der Waals surface area contributed by atoms with Crippen LogP contribution in [0, 0.1) is 22.7 Å². The molecule has 94 valence electrons. The third-order valence-corrected chi connectivity index (χ3v) is 3.09. The maximum absolute atomic E-state index is 12.1. The first kappa shape index (κ1) is 12.9. The summed E-state index contributed by atoms with van der Waals surface area (Å²) in [5, 5.41) is 17.8. The number of amides is 1. The average molecular weight is 251 g/mol. The van der Waals surface area contributed by atoms with Gasteiger partial charge in [0.15, 0.2) is 0 Å². The SMILES string of the molecule is N#C/C(=C/c1ccc(C#N)cc1)C(=O)N1CCCC1. The summed E-state index contributed by atoms with van der Waals surface area (Å²) in [5.41, 5.74) is 1.45. The van der Waals surface area contributed by atoms with Gasteiger partial charge in [0.1, 0.15) is 11.6 Å². The molecule has 1 aliphatic rings. The Hall–Kier alpha value is -2.59. The van der Waals surface area contributed by atoms with Crippen LogP contribution in [0.4, 0.5) is 0 Å². The summed E-state index contributed by atoms with van der Waals surface area (Å²) in [6.07, 6.45) is 3.57. The average Bonchev–Trinajstić information content (AvgIpc) is 2.99. The fraction of sp³-hybridized carbons (Fsp3) is 0.267. The zero-order valence-corrected chi connectivity index (χ0v) is 10.5. The highest BCUT2D eigenvalue weighted by atomic mass is 16.2. The lowest BCUT2D eigenvalue weighted by Crippen LogP contribution is -2.28. The van der Waals surface area contributed by atoms with Crippen LogP contribution in [0.25, 0.3) is 6.08 Å². The minimum Gasteiger partial charge on any atom is -0.338 e. The molecule has 1 aromatic carbocycles. The molecule has 0 saturated carbocycles. The van der Waals surface area contributed by atoms with E-state index in [1.807, 2.05) is 12.1 Å². The van der Waals surface area contributed by atoms with Gasteiger partial charge in [0.2, 0.25) is 0 Å². The molecule has 1 heterocycles. The van der Waals surface area contributed by atoms with Gasteiger partial charge >= 0.3 is 0 Å². The fourth-order valence-corrected chi connectivity index (χ4v) is 2.05. The molecule has 1 saturated heterocycles. The van der Waals surface area contributed by atoms with Crippen molar-refractivity contribution in [2.24, 2.45) is 0 Å². The topological polar surface area (TPSA) is 67.9 Å². The monoisotopic (exact) mass is 251 g/mol. The van der Waals surface area contributed by atoms with Gasteiger partial charge in [0.05, 0.1) is 11.6 Å². The van der Waals surface area contributed by atoms with Crippen molar-refractivity contribution in [3.8, 4) is 12.1 Å². The Morgan fingerprint density at radius 2 is 1.79 bits per heavy atom. The van der Waals surface area contributed by atoms with E-state index in [-0.39, 0.29) is 11.5 Å². The number of rotatable bonds is 2. The van der Waals surface area contributed by atoms with Crippen LogP contribution < -0.4 is 0 Å². The van der Waals surface area contributed by atoms with E-state index in [9.17, 15) is 4.79 Å². The third-order valence-electron chi connectivity index (χ3n) is 3.09. The lowest BCUT2D eigenvalue weighted by molar-refractivity contribution is -0.125. The smallest absolute Gasteiger partial charge is 0.264 e. The van der Waals surface area contributed by atoms with E-state index in [0.29, 0.717) is 5.56 Å². The Kier molecular flexibility index (Phi) is 3.95. The summed E-state index contributed by atoms with van der Waals surface area (Å²) < 4.78 is 0. The first-order valence-electron chi connectivity index (χ1n) is 6.16. The first-order valence-corrected chi connectivity index (χ1v) is 6.16. The van der Waals surface area contributed by atoms with Gasteiger partial charge in [-0.1, -0.05) is 12.1 Å². The second kappa shape index (κ2) is 5.84. The number of carbonyl (C=O) groups is 1. The molecule has 4 nitrogen and oxygen atoms in total.